The van der Waals surface area contributed by atoms with E-state index in [0.717, 1.165) is 145 Å². The maximum absolute atomic E-state index is 8.03. The van der Waals surface area contributed by atoms with E-state index in [1.54, 1.807) is 120 Å². The van der Waals surface area contributed by atoms with Crippen LogP contribution in [0.4, 0.5) is 0 Å². The average molecular weight is 3030 g/mol. The zero-order chi connectivity index (χ0) is 99.8. The summed E-state index contributed by atoms with van der Waals surface area (Å²) in [6.45, 7) is 5.07. The number of allylic oxidation sites excluding steroid dienone is 5. The summed E-state index contributed by atoms with van der Waals surface area (Å²) in [4.78, 5) is 67.6. The van der Waals surface area contributed by atoms with Crippen LogP contribution in [0.15, 0.2) is 508 Å². The number of hydrogen-bond acceptors (Lipinski definition) is 30. The van der Waals surface area contributed by atoms with Crippen molar-refractivity contribution in [3.8, 4) is 69.1 Å². The smallest absolute Gasteiger partial charge is 0.789 e. The SMILES string of the molecule is CC([S-])=C([S-])C#N.CC([S-])=C([S-])C#N.CC([S-])=C[S-].[Ni+2].[Pd+2].[Pd+2].[Pd+2].[Pt+2].[Pt+2].[Pt+2].[S-]c1ccccc1[S-].[S-]c1ccccc1[S-].[S-]c1ccccc1[S-].[S-]c1ccccc1[S-].c1ccc(-c2ccccn2)nc1.c1ccc(-c2ccccn2)nc1.c1ccc(-c2ccccn2)nc1.c1ccc(-c2ccccn2)nc1.c1ccc(-c2ccccn2)nc1.c1cnc2c(c1)ccc1cccnc12.c1cnc2c(c1)ccc1cccnc12. The fraction of sp³-hybridized carbons (Fsp3) is 0.0275. The van der Waals surface area contributed by atoms with E-state index in [0.29, 0.717) is 9.81 Å². The van der Waals surface area contributed by atoms with Gasteiger partial charge in [-0.1, -0.05) is 227 Å². The molecule has 0 saturated heterocycles. The topological polar surface area (TPSA) is 228 Å². The van der Waals surface area contributed by atoms with Crippen LogP contribution in [0.2, 0.25) is 0 Å². The molecule has 0 bridgehead atoms. The van der Waals surface area contributed by atoms with Crippen molar-refractivity contribution in [2.45, 2.75) is 59.9 Å². The molecule has 0 aliphatic heterocycles. The van der Waals surface area contributed by atoms with Gasteiger partial charge in [-0.05, 0) is 146 Å². The molecule has 0 spiro atoms. The van der Waals surface area contributed by atoms with Crippen molar-refractivity contribution >= 4 is 220 Å². The van der Waals surface area contributed by atoms with Gasteiger partial charge >= 0.3 is 141 Å². The summed E-state index contributed by atoms with van der Waals surface area (Å²) in [6, 6.07) is 116. The van der Waals surface area contributed by atoms with Gasteiger partial charge in [0.15, 0.2) is 0 Å². The molecule has 14 aromatic heterocycles. The Morgan fingerprint density at radius 2 is 0.329 bits per heavy atom. The molecule has 6 aromatic carbocycles. The van der Waals surface area contributed by atoms with Crippen LogP contribution in [0.3, 0.4) is 0 Å². The van der Waals surface area contributed by atoms with Gasteiger partial charge in [0.05, 0.1) is 91.1 Å². The van der Waals surface area contributed by atoms with Crippen molar-refractivity contribution in [2.75, 3.05) is 0 Å². The number of nitriles is 2. The molecular formula is C109H82N16NiPd3Pt3S14. The number of aromatic nitrogens is 14. The van der Waals surface area contributed by atoms with Gasteiger partial charge in [0.25, 0.3) is 0 Å². The minimum atomic E-state index is 0. The van der Waals surface area contributed by atoms with E-state index in [9.17, 15) is 0 Å². The third-order valence-corrected chi connectivity index (χ3v) is 22.5. The standard InChI is InChI=1S/2C12H8N2.5C10H8N2.4C6H6S2.2C4H5NS2.C3H6S2.Ni.3Pd.3Pt/c2*1-3-9-5-6-10-4-2-8-14-12(10)11(9)13-7-1;5*1-3-7-11-9(5-1)10-6-2-4-8-12-10;4*7-5-3-1-2-4-6(5)8;2*1-3(6)4(7)2-5;1-3(5)2-4;;;;;;;/h2*1-8H;5*1-8H;4*1-4,7-8H;2*6-7H,1H3;2,4-5H,1H3;;;;;;;/q;;;;;;;;;;;;;;7*+2/p-14. The van der Waals surface area contributed by atoms with Gasteiger partial charge in [-0.25, -0.2) is 20.1 Å². The molecule has 0 aliphatic carbocycles. The van der Waals surface area contributed by atoms with Gasteiger partial charge in [0.2, 0.25) is 0 Å². The number of rotatable bonds is 5. The van der Waals surface area contributed by atoms with Crippen molar-refractivity contribution < 1.29 is 141 Å². The second kappa shape index (κ2) is 82.2. The van der Waals surface area contributed by atoms with E-state index in [1.807, 2.05) is 303 Å². The van der Waals surface area contributed by atoms with Gasteiger partial charge in [0, 0.05) is 108 Å². The van der Waals surface area contributed by atoms with Gasteiger partial charge in [-0.3, -0.25) is 69.8 Å². The molecule has 20 rings (SSSR count). The van der Waals surface area contributed by atoms with Crippen LogP contribution >= 0.6 is 0 Å². The van der Waals surface area contributed by atoms with Gasteiger partial charge in [-0.15, -0.1) is 9.81 Å². The summed E-state index contributed by atoms with van der Waals surface area (Å²) < 4.78 is 0. The quantitative estimate of drug-likeness (QED) is 0.0675. The normalized spacial score (nSPS) is 9.58. The molecule has 0 atom stereocenters. The molecule has 0 fully saturated rings. The van der Waals surface area contributed by atoms with Crippen LogP contribution in [0.1, 0.15) is 20.8 Å². The Morgan fingerprint density at radius 3 is 0.418 bits per heavy atom. The van der Waals surface area contributed by atoms with Crippen molar-refractivity contribution in [3.63, 3.8) is 0 Å². The van der Waals surface area contributed by atoms with E-state index in [-0.39, 0.29) is 151 Å². The van der Waals surface area contributed by atoms with Crippen LogP contribution in [0.5, 0.6) is 0 Å². The zero-order valence-corrected chi connectivity index (χ0v) is 101. The molecule has 0 unspecified atom stereocenters. The van der Waals surface area contributed by atoms with Gasteiger partial charge < -0.3 is 177 Å². The Hall–Kier alpha value is -9.71. The van der Waals surface area contributed by atoms with Crippen molar-refractivity contribution in [3.05, 3.63) is 469 Å². The number of benzene rings is 6. The minimum Gasteiger partial charge on any atom is -0.789 e. The summed E-state index contributed by atoms with van der Waals surface area (Å²) >= 11 is 65.8. The largest absolute Gasteiger partial charge is 2.00 e. The molecule has 14 heterocycles. The Balaban J connectivity index is 0.00000156. The summed E-state index contributed by atoms with van der Waals surface area (Å²) in [7, 11) is 0. The van der Waals surface area contributed by atoms with Crippen LogP contribution in [0.25, 0.3) is 101 Å². The average Bonchev–Trinajstić information content (AvgIpc) is 0.799. The van der Waals surface area contributed by atoms with Crippen LogP contribution in [-0.4, -0.2) is 69.8 Å². The van der Waals surface area contributed by atoms with Gasteiger partial charge in [0.1, 0.15) is 0 Å². The Bertz CT molecular complexity index is 6020. The third-order valence-electron chi connectivity index (χ3n) is 17.1. The molecule has 0 radical (unpaired) electrons. The summed E-state index contributed by atoms with van der Waals surface area (Å²) in [5.74, 6) is 0. The van der Waals surface area contributed by atoms with E-state index < -0.39 is 0 Å². The molecule has 0 aliphatic rings. The molecule has 37 heteroatoms. The predicted octanol–water partition coefficient (Wildman–Crippen LogP) is 24.9. The Kier molecular flexibility index (Phi) is 76.7. The first-order chi connectivity index (χ1) is 67.6. The van der Waals surface area contributed by atoms with Crippen LogP contribution < -0.4 is 0 Å². The molecule has 0 saturated carbocycles. The Labute approximate surface area is 1030 Å². The fourth-order valence-corrected chi connectivity index (χ4v) is 11.7. The third kappa shape index (κ3) is 53.9. The monoisotopic (exact) mass is 3020 g/mol. The predicted molar refractivity (Wildman–Crippen MR) is 597 cm³/mol. The molecule has 16 nitrogen and oxygen atoms in total. The summed E-state index contributed by atoms with van der Waals surface area (Å²) in [5.41, 5.74) is 13.1. The van der Waals surface area contributed by atoms with E-state index in [4.69, 9.17) is 112 Å². The fourth-order valence-electron chi connectivity index (χ4n) is 10.5. The van der Waals surface area contributed by atoms with Crippen LogP contribution in [0, 0.1) is 22.7 Å². The maximum Gasteiger partial charge on any atom is 2.00 e. The molecule has 20 aromatic rings. The number of fused-ring (bicyclic) bond motifs is 6. The van der Waals surface area contributed by atoms with E-state index in [1.165, 1.54) is 5.41 Å². The summed E-state index contributed by atoms with van der Waals surface area (Å²) in [5, 5.41) is 22.1. The molecule has 752 valence electrons. The second-order valence-electron chi connectivity index (χ2n) is 27.1. The first kappa shape index (κ1) is 136. The first-order valence-electron chi connectivity index (χ1n) is 41.5. The van der Waals surface area contributed by atoms with Gasteiger partial charge in [-0.2, -0.15) is 49.7 Å². The van der Waals surface area contributed by atoms with E-state index in [2.05, 4.69) is 194 Å². The minimum absolute atomic E-state index is 0. The molecule has 0 N–H and O–H groups in total. The van der Waals surface area contributed by atoms with Crippen molar-refractivity contribution in [2.24, 2.45) is 0 Å². The molecule has 146 heavy (non-hydrogen) atoms. The van der Waals surface area contributed by atoms with Crippen molar-refractivity contribution in [1.82, 2.24) is 69.8 Å². The summed E-state index contributed by atoms with van der Waals surface area (Å²) in [6.07, 6.45) is 24.9. The number of hydrogen-bond donors (Lipinski definition) is 0. The first-order valence-corrected chi connectivity index (χ1v) is 47.2. The van der Waals surface area contributed by atoms with Crippen LogP contribution in [-0.2, 0) is 318 Å². The van der Waals surface area contributed by atoms with E-state index >= 15 is 0 Å². The number of pyridine rings is 14. The Morgan fingerprint density at radius 1 is 0.205 bits per heavy atom. The maximum atomic E-state index is 8.03. The second-order valence-corrected chi connectivity index (χ2v) is 33.5. The number of nitrogens with zero attached hydrogens (tertiary/aromatic N) is 16. The molecule has 0 amide bonds. The molecular weight excluding hydrogens is 2950 g/mol. The van der Waals surface area contributed by atoms with Crippen molar-refractivity contribution in [1.29, 1.82) is 10.5 Å². The zero-order valence-electron chi connectivity index (χ0n) is 76.7.